The van der Waals surface area contributed by atoms with E-state index in [0.717, 1.165) is 5.56 Å². The third kappa shape index (κ3) is 1.26. The van der Waals surface area contributed by atoms with Crippen LogP contribution >= 0.6 is 0 Å². The van der Waals surface area contributed by atoms with Crippen molar-refractivity contribution in [3.05, 3.63) is 35.9 Å². The smallest absolute Gasteiger partial charge is 0.243 e. The summed E-state index contributed by atoms with van der Waals surface area (Å²) in [6, 6.07) is 9.25. The lowest BCUT2D eigenvalue weighted by Gasteiger charge is -1.88. The van der Waals surface area contributed by atoms with Crippen molar-refractivity contribution in [2.75, 3.05) is 0 Å². The molecular formula is C8H6O3S. The summed E-state index contributed by atoms with van der Waals surface area (Å²) in [6.45, 7) is 0. The highest BCUT2D eigenvalue weighted by Gasteiger charge is 2.37. The van der Waals surface area contributed by atoms with E-state index in [-0.39, 0.29) is 11.2 Å². The third-order valence-electron chi connectivity index (χ3n) is 1.66. The van der Waals surface area contributed by atoms with Crippen molar-refractivity contribution in [2.45, 2.75) is 6.10 Å². The summed E-state index contributed by atoms with van der Waals surface area (Å²) < 4.78 is 25.6. The Morgan fingerprint density at radius 3 is 2.33 bits per heavy atom. The van der Waals surface area contributed by atoms with E-state index >= 15 is 0 Å². The molecule has 1 aromatic carbocycles. The molecule has 1 aliphatic rings. The molecular weight excluding hydrogens is 176 g/mol. The molecule has 0 aromatic heterocycles. The van der Waals surface area contributed by atoms with Crippen LogP contribution in [-0.4, -0.2) is 13.5 Å². The zero-order valence-electron chi connectivity index (χ0n) is 6.10. The minimum atomic E-state index is -2.19. The molecule has 1 heterocycles. The zero-order valence-corrected chi connectivity index (χ0v) is 6.91. The third-order valence-corrected chi connectivity index (χ3v) is 2.30. The molecule has 0 aliphatic carbocycles. The van der Waals surface area contributed by atoms with Crippen molar-refractivity contribution in [3.63, 3.8) is 0 Å². The van der Waals surface area contributed by atoms with E-state index in [1.165, 1.54) is 0 Å². The molecule has 4 heteroatoms. The second-order valence-electron chi connectivity index (χ2n) is 2.46. The quantitative estimate of drug-likeness (QED) is 0.476. The standard InChI is InChI=1S/C8H6O3S/c9-12(10)8-7(11-8)6-4-2-1-3-5-6/h1-5,7H. The van der Waals surface area contributed by atoms with Crippen LogP contribution in [0.25, 0.3) is 0 Å². The monoisotopic (exact) mass is 182 g/mol. The van der Waals surface area contributed by atoms with Crippen LogP contribution in [-0.2, 0) is 15.0 Å². The van der Waals surface area contributed by atoms with Gasteiger partial charge >= 0.3 is 0 Å². The molecule has 0 amide bonds. The van der Waals surface area contributed by atoms with E-state index in [4.69, 9.17) is 4.74 Å². The summed E-state index contributed by atoms with van der Waals surface area (Å²) >= 11 is 0. The van der Waals surface area contributed by atoms with Gasteiger partial charge in [0.05, 0.1) is 0 Å². The summed E-state index contributed by atoms with van der Waals surface area (Å²) in [6.07, 6.45) is -0.329. The van der Waals surface area contributed by atoms with Crippen molar-refractivity contribution in [3.8, 4) is 0 Å². The Bertz CT molecular complexity index is 411. The van der Waals surface area contributed by atoms with Crippen LogP contribution in [0.5, 0.6) is 0 Å². The second kappa shape index (κ2) is 2.73. The van der Waals surface area contributed by atoms with Gasteiger partial charge < -0.3 is 4.74 Å². The van der Waals surface area contributed by atoms with Crippen LogP contribution in [0.15, 0.2) is 30.3 Å². The van der Waals surface area contributed by atoms with E-state index in [1.807, 2.05) is 30.3 Å². The fourth-order valence-electron chi connectivity index (χ4n) is 1.04. The molecule has 0 saturated carbocycles. The van der Waals surface area contributed by atoms with Crippen LogP contribution < -0.4 is 0 Å². The number of rotatable bonds is 1. The number of epoxide rings is 1. The highest BCUT2D eigenvalue weighted by Crippen LogP contribution is 2.31. The summed E-state index contributed by atoms with van der Waals surface area (Å²) in [4.78, 5) is 0. The lowest BCUT2D eigenvalue weighted by molar-refractivity contribution is 0.460. The van der Waals surface area contributed by atoms with E-state index in [1.54, 1.807) is 0 Å². The molecule has 0 N–H and O–H groups in total. The molecule has 1 aromatic rings. The van der Waals surface area contributed by atoms with Crippen molar-refractivity contribution in [1.82, 2.24) is 0 Å². The predicted molar refractivity (Wildman–Crippen MR) is 44.2 cm³/mol. The van der Waals surface area contributed by atoms with Crippen LogP contribution in [0, 0.1) is 0 Å². The summed E-state index contributed by atoms with van der Waals surface area (Å²) in [5.41, 5.74) is 0.886. The van der Waals surface area contributed by atoms with Gasteiger partial charge in [-0.05, 0) is 5.56 Å². The molecule has 2 rings (SSSR count). The first-order valence-corrected chi connectivity index (χ1v) is 4.54. The van der Waals surface area contributed by atoms with Crippen LogP contribution in [0.1, 0.15) is 11.7 Å². The molecule has 1 saturated heterocycles. The van der Waals surface area contributed by atoms with E-state index in [0.29, 0.717) is 0 Å². The molecule has 1 atom stereocenters. The van der Waals surface area contributed by atoms with E-state index < -0.39 is 10.3 Å². The van der Waals surface area contributed by atoms with Crippen LogP contribution in [0.4, 0.5) is 0 Å². The van der Waals surface area contributed by atoms with Gasteiger partial charge in [0.15, 0.2) is 6.10 Å². The van der Waals surface area contributed by atoms with Crippen molar-refractivity contribution < 1.29 is 13.2 Å². The highest BCUT2D eigenvalue weighted by atomic mass is 32.2. The van der Waals surface area contributed by atoms with Gasteiger partial charge in [0.1, 0.15) is 0 Å². The number of hydrogen-bond acceptors (Lipinski definition) is 3. The van der Waals surface area contributed by atoms with E-state index in [2.05, 4.69) is 0 Å². The highest BCUT2D eigenvalue weighted by molar-refractivity contribution is 7.73. The molecule has 0 spiro atoms. The second-order valence-corrected chi connectivity index (χ2v) is 3.33. The first-order chi connectivity index (χ1) is 5.79. The predicted octanol–water partition coefficient (Wildman–Crippen LogP) is 0.767. The SMILES string of the molecule is O=S(=O)=C1OC1c1ccccc1. The minimum absolute atomic E-state index is 0.140. The topological polar surface area (TPSA) is 46.7 Å². The maximum Gasteiger partial charge on any atom is 0.243 e. The van der Waals surface area contributed by atoms with Gasteiger partial charge in [-0.25, -0.2) is 0 Å². The van der Waals surface area contributed by atoms with Crippen molar-refractivity contribution >= 4 is 15.3 Å². The lowest BCUT2D eigenvalue weighted by Crippen LogP contribution is -1.80. The number of benzene rings is 1. The first-order valence-electron chi connectivity index (χ1n) is 3.47. The Morgan fingerprint density at radius 2 is 1.83 bits per heavy atom. The number of hydrogen-bond donors (Lipinski definition) is 0. The Balaban J connectivity index is 2.34. The van der Waals surface area contributed by atoms with Gasteiger partial charge in [-0.1, -0.05) is 30.3 Å². The molecule has 62 valence electrons. The van der Waals surface area contributed by atoms with Gasteiger partial charge in [-0.3, -0.25) is 0 Å². The maximum absolute atomic E-state index is 10.4. The van der Waals surface area contributed by atoms with Gasteiger partial charge in [0.25, 0.3) is 0 Å². The van der Waals surface area contributed by atoms with Crippen molar-refractivity contribution in [1.29, 1.82) is 0 Å². The normalized spacial score (nSPS) is 20.7. The molecule has 0 radical (unpaired) electrons. The summed E-state index contributed by atoms with van der Waals surface area (Å²) in [5.74, 6) is 0. The molecule has 0 bridgehead atoms. The average molecular weight is 182 g/mol. The zero-order chi connectivity index (χ0) is 8.55. The summed E-state index contributed by atoms with van der Waals surface area (Å²) in [5, 5.41) is 0.140. The molecule has 3 nitrogen and oxygen atoms in total. The Hall–Kier alpha value is -1.13. The lowest BCUT2D eigenvalue weighted by atomic mass is 10.2. The van der Waals surface area contributed by atoms with Crippen molar-refractivity contribution in [2.24, 2.45) is 0 Å². The van der Waals surface area contributed by atoms with Gasteiger partial charge in [-0.15, -0.1) is 0 Å². The van der Waals surface area contributed by atoms with Gasteiger partial charge in [0, 0.05) is 0 Å². The Labute approximate surface area is 71.1 Å². The maximum atomic E-state index is 10.4. The van der Waals surface area contributed by atoms with Gasteiger partial charge in [0.2, 0.25) is 15.3 Å². The fourth-order valence-corrected chi connectivity index (χ4v) is 1.53. The van der Waals surface area contributed by atoms with Gasteiger partial charge in [-0.2, -0.15) is 8.42 Å². The molecule has 12 heavy (non-hydrogen) atoms. The van der Waals surface area contributed by atoms with Crippen LogP contribution in [0.3, 0.4) is 0 Å². The molecule has 1 aliphatic heterocycles. The number of ether oxygens (including phenoxy) is 1. The molecule has 1 unspecified atom stereocenters. The average Bonchev–Trinajstić information content (AvgIpc) is 2.84. The fraction of sp³-hybridized carbons (Fsp3) is 0.125. The summed E-state index contributed by atoms with van der Waals surface area (Å²) in [7, 11) is -2.19. The van der Waals surface area contributed by atoms with Crippen LogP contribution in [0.2, 0.25) is 0 Å². The molecule has 1 fully saturated rings. The largest absolute Gasteiger partial charge is 0.317 e. The Kier molecular flexibility index (Phi) is 1.71. The Morgan fingerprint density at radius 1 is 1.17 bits per heavy atom. The minimum Gasteiger partial charge on any atom is -0.317 e. The first kappa shape index (κ1) is 7.52. The van der Waals surface area contributed by atoms with E-state index in [9.17, 15) is 8.42 Å².